The maximum atomic E-state index is 11.9. The molecule has 2 aromatic rings. The van der Waals surface area contributed by atoms with E-state index in [2.05, 4.69) is 21.0 Å². The van der Waals surface area contributed by atoms with Crippen LogP contribution in [0.4, 0.5) is 10.5 Å². The second-order valence-corrected chi connectivity index (χ2v) is 6.75. The number of ether oxygens (including phenoxy) is 1. The zero-order chi connectivity index (χ0) is 19.0. The SMILES string of the molecule is CC(C)(C)NC(=O)CNC(=O)Nc1cccc(OCCn2cccn2)c1. The van der Waals surface area contributed by atoms with E-state index in [-0.39, 0.29) is 18.0 Å². The van der Waals surface area contributed by atoms with Crippen LogP contribution in [0.25, 0.3) is 0 Å². The first kappa shape index (κ1) is 19.3. The second-order valence-electron chi connectivity index (χ2n) is 6.75. The molecule has 3 N–H and O–H groups in total. The molecule has 0 bridgehead atoms. The summed E-state index contributed by atoms with van der Waals surface area (Å²) in [7, 11) is 0. The van der Waals surface area contributed by atoms with E-state index in [0.29, 0.717) is 24.6 Å². The number of rotatable bonds is 7. The standard InChI is InChI=1S/C18H25N5O3/c1-18(2,3)22-16(24)13-19-17(25)21-14-6-4-7-15(12-14)26-11-10-23-9-5-8-20-23/h4-9,12H,10-11,13H2,1-3H3,(H,22,24)(H2,19,21,25). The lowest BCUT2D eigenvalue weighted by Crippen LogP contribution is -2.46. The number of hydrogen-bond donors (Lipinski definition) is 3. The topological polar surface area (TPSA) is 97.3 Å². The zero-order valence-corrected chi connectivity index (χ0v) is 15.3. The van der Waals surface area contributed by atoms with Crippen LogP contribution in [-0.4, -0.2) is 40.4 Å². The van der Waals surface area contributed by atoms with E-state index >= 15 is 0 Å². The molecular weight excluding hydrogens is 334 g/mol. The van der Waals surface area contributed by atoms with Gasteiger partial charge in [-0.25, -0.2) is 4.79 Å². The Morgan fingerprint density at radius 1 is 1.23 bits per heavy atom. The molecule has 0 spiro atoms. The van der Waals surface area contributed by atoms with Crippen molar-refractivity contribution in [1.82, 2.24) is 20.4 Å². The van der Waals surface area contributed by atoms with E-state index in [4.69, 9.17) is 4.74 Å². The molecule has 8 heteroatoms. The van der Waals surface area contributed by atoms with Crippen molar-refractivity contribution in [3.8, 4) is 5.75 Å². The lowest BCUT2D eigenvalue weighted by Gasteiger charge is -2.20. The van der Waals surface area contributed by atoms with Crippen LogP contribution in [-0.2, 0) is 11.3 Å². The molecule has 0 radical (unpaired) electrons. The van der Waals surface area contributed by atoms with Crippen LogP contribution >= 0.6 is 0 Å². The number of hydrogen-bond acceptors (Lipinski definition) is 4. The van der Waals surface area contributed by atoms with E-state index in [1.165, 1.54) is 0 Å². The summed E-state index contributed by atoms with van der Waals surface area (Å²) in [5.41, 5.74) is 0.243. The summed E-state index contributed by atoms with van der Waals surface area (Å²) in [4.78, 5) is 23.6. The van der Waals surface area contributed by atoms with Crippen LogP contribution in [0, 0.1) is 0 Å². The van der Waals surface area contributed by atoms with Crippen LogP contribution in [0.1, 0.15) is 20.8 Å². The monoisotopic (exact) mass is 359 g/mol. The molecule has 1 aromatic carbocycles. The summed E-state index contributed by atoms with van der Waals surface area (Å²) < 4.78 is 7.43. The van der Waals surface area contributed by atoms with Crippen molar-refractivity contribution in [2.24, 2.45) is 0 Å². The first-order chi connectivity index (χ1) is 12.3. The van der Waals surface area contributed by atoms with Gasteiger partial charge in [0.2, 0.25) is 5.91 Å². The molecule has 0 aliphatic heterocycles. The number of carbonyl (C=O) groups excluding carboxylic acids is 2. The minimum atomic E-state index is -0.456. The molecule has 140 valence electrons. The molecule has 0 aliphatic carbocycles. The predicted molar refractivity (Wildman–Crippen MR) is 99.1 cm³/mol. The Hall–Kier alpha value is -3.03. The van der Waals surface area contributed by atoms with Gasteiger partial charge in [-0.1, -0.05) is 6.07 Å². The number of nitrogens with one attached hydrogen (secondary N) is 3. The molecule has 3 amide bonds. The first-order valence-electron chi connectivity index (χ1n) is 8.38. The summed E-state index contributed by atoms with van der Waals surface area (Å²) in [6.07, 6.45) is 3.58. The minimum Gasteiger partial charge on any atom is -0.492 e. The van der Waals surface area contributed by atoms with E-state index < -0.39 is 6.03 Å². The second kappa shape index (κ2) is 8.89. The molecule has 26 heavy (non-hydrogen) atoms. The molecule has 2 rings (SSSR count). The highest BCUT2D eigenvalue weighted by molar-refractivity contribution is 5.92. The van der Waals surface area contributed by atoms with Gasteiger partial charge in [0.25, 0.3) is 0 Å². The van der Waals surface area contributed by atoms with Crippen molar-refractivity contribution in [3.63, 3.8) is 0 Å². The highest BCUT2D eigenvalue weighted by Crippen LogP contribution is 2.17. The van der Waals surface area contributed by atoms with Crippen molar-refractivity contribution < 1.29 is 14.3 Å². The third kappa shape index (κ3) is 7.25. The lowest BCUT2D eigenvalue weighted by molar-refractivity contribution is -0.121. The van der Waals surface area contributed by atoms with Gasteiger partial charge in [-0.2, -0.15) is 5.10 Å². The lowest BCUT2D eigenvalue weighted by atomic mass is 10.1. The quantitative estimate of drug-likeness (QED) is 0.704. The van der Waals surface area contributed by atoms with Gasteiger partial charge in [-0.05, 0) is 39.0 Å². The summed E-state index contributed by atoms with van der Waals surface area (Å²) in [6, 6.07) is 8.45. The molecule has 0 fully saturated rings. The third-order valence-electron chi connectivity index (χ3n) is 3.16. The van der Waals surface area contributed by atoms with E-state index in [0.717, 1.165) is 0 Å². The fraction of sp³-hybridized carbons (Fsp3) is 0.389. The summed E-state index contributed by atoms with van der Waals surface area (Å²) in [6.45, 7) is 6.63. The van der Waals surface area contributed by atoms with Gasteiger partial charge in [0.15, 0.2) is 0 Å². The smallest absolute Gasteiger partial charge is 0.319 e. The first-order valence-corrected chi connectivity index (χ1v) is 8.38. The van der Waals surface area contributed by atoms with Gasteiger partial charge in [0.1, 0.15) is 12.4 Å². The Balaban J connectivity index is 1.76. The number of amides is 3. The number of anilines is 1. The van der Waals surface area contributed by atoms with Gasteiger partial charge in [0, 0.05) is 29.7 Å². The average Bonchev–Trinajstić information content (AvgIpc) is 3.05. The fourth-order valence-corrected chi connectivity index (χ4v) is 2.15. The van der Waals surface area contributed by atoms with Crippen molar-refractivity contribution in [2.75, 3.05) is 18.5 Å². The normalized spacial score (nSPS) is 10.9. The number of benzene rings is 1. The van der Waals surface area contributed by atoms with Crippen LogP contribution in [0.15, 0.2) is 42.7 Å². The average molecular weight is 359 g/mol. The number of aromatic nitrogens is 2. The molecule has 0 saturated carbocycles. The third-order valence-corrected chi connectivity index (χ3v) is 3.16. The van der Waals surface area contributed by atoms with Crippen molar-refractivity contribution >= 4 is 17.6 Å². The van der Waals surface area contributed by atoms with Crippen molar-refractivity contribution in [2.45, 2.75) is 32.9 Å². The Kier molecular flexibility index (Phi) is 6.60. The number of carbonyl (C=O) groups is 2. The van der Waals surface area contributed by atoms with E-state index in [9.17, 15) is 9.59 Å². The molecule has 0 unspecified atom stereocenters. The molecular formula is C18H25N5O3. The Morgan fingerprint density at radius 2 is 2.04 bits per heavy atom. The van der Waals surface area contributed by atoms with Gasteiger partial charge >= 0.3 is 6.03 Å². The molecule has 0 atom stereocenters. The highest BCUT2D eigenvalue weighted by Gasteiger charge is 2.14. The van der Waals surface area contributed by atoms with Gasteiger partial charge in [-0.15, -0.1) is 0 Å². The molecule has 8 nitrogen and oxygen atoms in total. The van der Waals surface area contributed by atoms with Crippen molar-refractivity contribution in [3.05, 3.63) is 42.7 Å². The van der Waals surface area contributed by atoms with Gasteiger partial charge in [-0.3, -0.25) is 9.48 Å². The van der Waals surface area contributed by atoms with E-state index in [1.54, 1.807) is 29.1 Å². The maximum Gasteiger partial charge on any atom is 0.319 e. The Labute approximate surface area is 152 Å². The van der Waals surface area contributed by atoms with Crippen LogP contribution in [0.3, 0.4) is 0 Å². The molecule has 1 heterocycles. The predicted octanol–water partition coefficient (Wildman–Crippen LogP) is 2.00. The fourth-order valence-electron chi connectivity index (χ4n) is 2.15. The summed E-state index contributed by atoms with van der Waals surface area (Å²) >= 11 is 0. The Bertz CT molecular complexity index is 723. The Morgan fingerprint density at radius 3 is 2.73 bits per heavy atom. The van der Waals surface area contributed by atoms with E-state index in [1.807, 2.05) is 39.1 Å². The number of urea groups is 1. The molecule has 0 aliphatic rings. The summed E-state index contributed by atoms with van der Waals surface area (Å²) in [5.74, 6) is 0.392. The zero-order valence-electron chi connectivity index (χ0n) is 15.3. The molecule has 0 saturated heterocycles. The van der Waals surface area contributed by atoms with Gasteiger partial charge in [0.05, 0.1) is 13.1 Å². The number of nitrogens with zero attached hydrogens (tertiary/aromatic N) is 2. The maximum absolute atomic E-state index is 11.9. The van der Waals surface area contributed by atoms with Crippen LogP contribution < -0.4 is 20.7 Å². The summed E-state index contributed by atoms with van der Waals surface area (Å²) in [5, 5.41) is 12.1. The van der Waals surface area contributed by atoms with Gasteiger partial charge < -0.3 is 20.7 Å². The van der Waals surface area contributed by atoms with Crippen molar-refractivity contribution in [1.29, 1.82) is 0 Å². The van der Waals surface area contributed by atoms with Crippen LogP contribution in [0.2, 0.25) is 0 Å². The van der Waals surface area contributed by atoms with Crippen LogP contribution in [0.5, 0.6) is 5.75 Å². The highest BCUT2D eigenvalue weighted by atomic mass is 16.5. The largest absolute Gasteiger partial charge is 0.492 e. The molecule has 1 aromatic heterocycles. The minimum absolute atomic E-state index is 0.0941.